The Kier molecular flexibility index (Phi) is 5.09. The van der Waals surface area contributed by atoms with E-state index in [1.54, 1.807) is 0 Å². The van der Waals surface area contributed by atoms with Gasteiger partial charge in [-0.1, -0.05) is 6.07 Å². The summed E-state index contributed by atoms with van der Waals surface area (Å²) >= 11 is 1.07. The van der Waals surface area contributed by atoms with Gasteiger partial charge in [0.25, 0.3) is 0 Å². The Bertz CT molecular complexity index is 459. The third-order valence-corrected chi connectivity index (χ3v) is 2.62. The lowest BCUT2D eigenvalue weighted by Gasteiger charge is -2.27. The lowest BCUT2D eigenvalue weighted by atomic mass is 9.52. The highest BCUT2D eigenvalue weighted by Crippen LogP contribution is 2.38. The van der Waals surface area contributed by atoms with Crippen LogP contribution in [-0.2, 0) is 0 Å². The first-order valence-corrected chi connectivity index (χ1v) is 7.01. The van der Waals surface area contributed by atoms with E-state index in [-0.39, 0.29) is 10.6 Å². The van der Waals surface area contributed by atoms with Crippen LogP contribution < -0.4 is 9.47 Å². The minimum Gasteiger partial charge on any atom is -0.512 e. The molecular formula is C9H15B6NO2S. The van der Waals surface area contributed by atoms with Crippen LogP contribution in [0.4, 0.5) is 0 Å². The Morgan fingerprint density at radius 2 is 1.37 bits per heavy atom. The summed E-state index contributed by atoms with van der Waals surface area (Å²) in [5, 5.41) is 10.4. The first-order chi connectivity index (χ1) is 8.62. The number of hydrogen-bond acceptors (Lipinski definition) is 4. The fourth-order valence-corrected chi connectivity index (χ4v) is 1.97. The standard InChI is InChI=1S/C9H15B6NO2S/c10-8(11,12)17-5-2-1-3-6(7(5)19-4-16)18-9(13,14)15/h1-3H,10-15H2. The van der Waals surface area contributed by atoms with E-state index in [9.17, 15) is 0 Å². The van der Waals surface area contributed by atoms with Gasteiger partial charge < -0.3 is 9.47 Å². The summed E-state index contributed by atoms with van der Waals surface area (Å²) in [4.78, 5) is 0.731. The SMILES string of the molecule is BC(B)(B)Oc1cccc(OC(B)(B)B)c1SC#N. The first-order valence-electron chi connectivity index (χ1n) is 6.19. The Morgan fingerprint density at radius 3 is 1.68 bits per heavy atom. The molecule has 1 aromatic rings. The van der Waals surface area contributed by atoms with Gasteiger partial charge >= 0.3 is 0 Å². The number of hydrogen-bond donors (Lipinski definition) is 0. The van der Waals surface area contributed by atoms with Crippen LogP contribution in [0.15, 0.2) is 23.1 Å². The van der Waals surface area contributed by atoms with Crippen LogP contribution in [-0.4, -0.2) is 57.7 Å². The molecule has 10 heteroatoms. The number of ether oxygens (including phenoxy) is 2. The van der Waals surface area contributed by atoms with Crippen molar-refractivity contribution in [2.45, 2.75) is 15.5 Å². The number of rotatable bonds is 5. The van der Waals surface area contributed by atoms with Crippen molar-refractivity contribution >= 4 is 58.8 Å². The van der Waals surface area contributed by atoms with E-state index in [4.69, 9.17) is 14.7 Å². The molecule has 19 heavy (non-hydrogen) atoms. The molecule has 1 aromatic carbocycles. The van der Waals surface area contributed by atoms with Gasteiger partial charge in [0.1, 0.15) is 68.9 Å². The molecule has 1 rings (SSSR count). The maximum absolute atomic E-state index is 8.97. The minimum absolute atomic E-state index is 0.314. The zero-order valence-electron chi connectivity index (χ0n) is 12.4. The zero-order valence-corrected chi connectivity index (χ0v) is 13.2. The second kappa shape index (κ2) is 6.00. The molecule has 0 saturated heterocycles. The molecule has 0 spiro atoms. The van der Waals surface area contributed by atoms with Crippen LogP contribution in [0.5, 0.6) is 11.5 Å². The average Bonchev–Trinajstić information content (AvgIpc) is 2.18. The maximum Gasteiger partial charge on any atom is 0.138 e. The van der Waals surface area contributed by atoms with Crippen molar-refractivity contribution in [3.63, 3.8) is 0 Å². The van der Waals surface area contributed by atoms with Gasteiger partial charge in [-0.25, -0.2) is 0 Å². The van der Waals surface area contributed by atoms with Crippen LogP contribution in [0.3, 0.4) is 0 Å². The molecule has 3 nitrogen and oxygen atoms in total. The summed E-state index contributed by atoms with van der Waals surface area (Å²) in [6.45, 7) is 0. The molecule has 0 N–H and O–H groups in total. The molecule has 92 valence electrons. The monoisotopic (exact) mass is 267 g/mol. The van der Waals surface area contributed by atoms with Crippen molar-refractivity contribution in [1.82, 2.24) is 0 Å². The Labute approximate surface area is 124 Å². The van der Waals surface area contributed by atoms with E-state index < -0.39 is 0 Å². The van der Waals surface area contributed by atoms with Gasteiger partial charge in [-0.3, -0.25) is 0 Å². The molecule has 0 aromatic heterocycles. The van der Waals surface area contributed by atoms with E-state index in [2.05, 4.69) is 5.40 Å². The minimum atomic E-state index is -0.314. The van der Waals surface area contributed by atoms with Crippen molar-refractivity contribution < 1.29 is 9.47 Å². The highest BCUT2D eigenvalue weighted by atomic mass is 32.2. The molecule has 0 aliphatic carbocycles. The van der Waals surface area contributed by atoms with E-state index in [1.165, 1.54) is 0 Å². The summed E-state index contributed by atoms with van der Waals surface area (Å²) in [7, 11) is 11.9. The van der Waals surface area contributed by atoms with Gasteiger partial charge in [0, 0.05) is 10.6 Å². The van der Waals surface area contributed by atoms with Crippen LogP contribution in [0.25, 0.3) is 0 Å². The normalized spacial score (nSPS) is 11.5. The summed E-state index contributed by atoms with van der Waals surface area (Å²) in [5.74, 6) is 1.36. The van der Waals surface area contributed by atoms with E-state index in [0.29, 0.717) is 11.5 Å². The van der Waals surface area contributed by atoms with Gasteiger partial charge in [0.15, 0.2) is 0 Å². The van der Waals surface area contributed by atoms with E-state index >= 15 is 0 Å². The Hall–Kier alpha value is -0.950. The van der Waals surface area contributed by atoms with Crippen molar-refractivity contribution in [3.05, 3.63) is 18.2 Å². The third-order valence-electron chi connectivity index (χ3n) is 1.92. The van der Waals surface area contributed by atoms with Crippen molar-refractivity contribution in [3.8, 4) is 16.9 Å². The summed E-state index contributed by atoms with van der Waals surface area (Å²) in [6, 6.07) is 5.60. The van der Waals surface area contributed by atoms with Gasteiger partial charge in [0.2, 0.25) is 0 Å². The number of nitrogens with zero attached hydrogens (tertiary/aromatic N) is 1. The maximum atomic E-state index is 8.97. The molecule has 0 aliphatic rings. The summed E-state index contributed by atoms with van der Waals surface area (Å²) in [5.41, 5.74) is 0. The predicted octanol–water partition coefficient (Wildman–Crippen LogP) is -3.96. The largest absolute Gasteiger partial charge is 0.512 e. The molecule has 0 unspecified atom stereocenters. The topological polar surface area (TPSA) is 42.2 Å². The van der Waals surface area contributed by atoms with E-state index in [0.717, 1.165) is 16.7 Å². The van der Waals surface area contributed by atoms with Crippen molar-refractivity contribution in [2.24, 2.45) is 0 Å². The van der Waals surface area contributed by atoms with Gasteiger partial charge in [-0.15, -0.1) is 0 Å². The zero-order chi connectivity index (χ0) is 14.7. The molecule has 0 bridgehead atoms. The third kappa shape index (κ3) is 5.69. The van der Waals surface area contributed by atoms with Crippen molar-refractivity contribution in [2.75, 3.05) is 0 Å². The Morgan fingerprint density at radius 1 is 0.947 bits per heavy atom. The smallest absolute Gasteiger partial charge is 0.138 e. The molecular weight excluding hydrogens is 251 g/mol. The second-order valence-electron chi connectivity index (χ2n) is 6.21. The molecule has 0 atom stereocenters. The lowest BCUT2D eigenvalue weighted by molar-refractivity contribution is 0.288. The van der Waals surface area contributed by atoms with Crippen LogP contribution in [0, 0.1) is 10.7 Å². The second-order valence-corrected chi connectivity index (χ2v) is 7.00. The lowest BCUT2D eigenvalue weighted by Crippen LogP contribution is -2.38. The number of benzene rings is 1. The highest BCUT2D eigenvalue weighted by Gasteiger charge is 2.21. The molecule has 0 heterocycles. The quantitative estimate of drug-likeness (QED) is 0.310. The Balaban J connectivity index is 3.18. The fourth-order valence-electron chi connectivity index (χ4n) is 1.46. The molecule has 0 aliphatic heterocycles. The summed E-state index contributed by atoms with van der Waals surface area (Å²) < 4.78 is 11.8. The van der Waals surface area contributed by atoms with Crippen LogP contribution in [0.1, 0.15) is 0 Å². The molecule has 0 saturated carbocycles. The molecule has 0 radical (unpaired) electrons. The molecule has 0 amide bonds. The highest BCUT2D eigenvalue weighted by molar-refractivity contribution is 8.04. The van der Waals surface area contributed by atoms with Crippen LogP contribution >= 0.6 is 11.8 Å². The molecule has 0 fully saturated rings. The summed E-state index contributed by atoms with van der Waals surface area (Å²) in [6.07, 6.45) is 0. The first kappa shape index (κ1) is 16.1. The number of thiocyanates is 1. The number of thioether (sulfide) groups is 1. The van der Waals surface area contributed by atoms with Gasteiger partial charge in [0.05, 0.1) is 0 Å². The average molecular weight is 266 g/mol. The van der Waals surface area contributed by atoms with E-state index in [1.807, 2.05) is 65.3 Å². The number of nitriles is 1. The van der Waals surface area contributed by atoms with Crippen LogP contribution in [0.2, 0.25) is 0 Å². The predicted molar refractivity (Wildman–Crippen MR) is 95.9 cm³/mol. The fraction of sp³-hybridized carbons (Fsp3) is 0.222. The van der Waals surface area contributed by atoms with Gasteiger partial charge in [-0.05, 0) is 23.9 Å². The van der Waals surface area contributed by atoms with Crippen molar-refractivity contribution in [1.29, 1.82) is 5.26 Å². The van der Waals surface area contributed by atoms with Gasteiger partial charge in [-0.2, -0.15) is 5.26 Å².